The molecule has 6 nitrogen and oxygen atoms in total. The van der Waals surface area contributed by atoms with Crippen LogP contribution in [0.5, 0.6) is 0 Å². The van der Waals surface area contributed by atoms with Gasteiger partial charge in [0.1, 0.15) is 23.0 Å². The van der Waals surface area contributed by atoms with Gasteiger partial charge in [-0.3, -0.25) is 4.79 Å². The number of aromatic nitrogens is 3. The maximum Gasteiger partial charge on any atom is 0.225 e. The first-order valence-electron chi connectivity index (χ1n) is 9.19. The largest absolute Gasteiger partial charge is 0.311 e. The van der Waals surface area contributed by atoms with E-state index in [2.05, 4.69) is 16.4 Å². The zero-order chi connectivity index (χ0) is 19.7. The number of hydrogen-bond donors (Lipinski definition) is 1. The maximum absolute atomic E-state index is 12.2. The lowest BCUT2D eigenvalue weighted by Gasteiger charge is -2.19. The van der Waals surface area contributed by atoms with Crippen molar-refractivity contribution in [3.8, 4) is 6.07 Å². The molecule has 4 rings (SSSR count). The third-order valence-corrected chi connectivity index (χ3v) is 4.85. The smallest absolute Gasteiger partial charge is 0.225 e. The molecule has 0 saturated carbocycles. The highest BCUT2D eigenvalue weighted by molar-refractivity contribution is 5.98. The third kappa shape index (κ3) is 2.87. The van der Waals surface area contributed by atoms with Gasteiger partial charge in [-0.1, -0.05) is 49.4 Å². The number of anilines is 1. The van der Waals surface area contributed by atoms with Crippen LogP contribution < -0.4 is 5.32 Å². The molecule has 2 aromatic heterocycles. The number of rotatable bonds is 4. The van der Waals surface area contributed by atoms with Crippen molar-refractivity contribution >= 4 is 33.9 Å². The van der Waals surface area contributed by atoms with Crippen LogP contribution in [0.2, 0.25) is 0 Å². The summed E-state index contributed by atoms with van der Waals surface area (Å²) >= 11 is 0. The van der Waals surface area contributed by atoms with Crippen LogP contribution in [0.15, 0.2) is 54.6 Å². The summed E-state index contributed by atoms with van der Waals surface area (Å²) < 4.78 is 1.90. The monoisotopic (exact) mass is 369 g/mol. The van der Waals surface area contributed by atoms with Crippen molar-refractivity contribution in [2.45, 2.75) is 26.3 Å². The van der Waals surface area contributed by atoms with Crippen molar-refractivity contribution in [3.05, 3.63) is 65.7 Å². The van der Waals surface area contributed by atoms with Gasteiger partial charge in [-0.25, -0.2) is 9.97 Å². The minimum Gasteiger partial charge on any atom is -0.311 e. The second-order valence-corrected chi connectivity index (χ2v) is 6.58. The van der Waals surface area contributed by atoms with E-state index in [1.165, 1.54) is 0 Å². The molecule has 6 heteroatoms. The van der Waals surface area contributed by atoms with Crippen molar-refractivity contribution in [1.82, 2.24) is 14.5 Å². The Morgan fingerprint density at radius 1 is 1.11 bits per heavy atom. The van der Waals surface area contributed by atoms with E-state index in [4.69, 9.17) is 4.98 Å². The highest BCUT2D eigenvalue weighted by Gasteiger charge is 2.25. The summed E-state index contributed by atoms with van der Waals surface area (Å²) in [4.78, 5) is 21.7. The van der Waals surface area contributed by atoms with Crippen LogP contribution in [-0.2, 0) is 4.79 Å². The van der Waals surface area contributed by atoms with Gasteiger partial charge in [0.15, 0.2) is 5.65 Å². The molecular weight excluding hydrogens is 350 g/mol. The molecule has 2 aromatic carbocycles. The number of nitrogens with zero attached hydrogens (tertiary/aromatic N) is 4. The minimum absolute atomic E-state index is 0.145. The summed E-state index contributed by atoms with van der Waals surface area (Å²) in [5, 5.41) is 12.8. The maximum atomic E-state index is 12.2. The third-order valence-electron chi connectivity index (χ3n) is 4.85. The molecular formula is C22H19N5O. The van der Waals surface area contributed by atoms with Gasteiger partial charge < -0.3 is 9.88 Å². The lowest BCUT2D eigenvalue weighted by Crippen LogP contribution is -2.17. The van der Waals surface area contributed by atoms with Crippen LogP contribution >= 0.6 is 0 Å². The lowest BCUT2D eigenvalue weighted by molar-refractivity contribution is -0.115. The second-order valence-electron chi connectivity index (χ2n) is 6.58. The quantitative estimate of drug-likeness (QED) is 0.577. The number of carbonyl (C=O) groups excluding carboxylic acids is 1. The number of amides is 1. The Morgan fingerprint density at radius 3 is 2.39 bits per heavy atom. The number of benzene rings is 2. The predicted molar refractivity (Wildman–Crippen MR) is 109 cm³/mol. The molecule has 0 aliphatic rings. The molecule has 2 heterocycles. The van der Waals surface area contributed by atoms with E-state index < -0.39 is 0 Å². The summed E-state index contributed by atoms with van der Waals surface area (Å²) in [6.45, 7) is 3.80. The number of nitriles is 1. The van der Waals surface area contributed by atoms with E-state index in [-0.39, 0.29) is 11.9 Å². The van der Waals surface area contributed by atoms with E-state index in [0.717, 1.165) is 11.1 Å². The highest BCUT2D eigenvalue weighted by Crippen LogP contribution is 2.34. The van der Waals surface area contributed by atoms with Crippen LogP contribution in [0, 0.1) is 11.3 Å². The van der Waals surface area contributed by atoms with Crippen molar-refractivity contribution in [3.63, 3.8) is 0 Å². The molecule has 0 radical (unpaired) electrons. The molecule has 1 amide bonds. The van der Waals surface area contributed by atoms with Gasteiger partial charge in [-0.15, -0.1) is 0 Å². The molecule has 0 unspecified atom stereocenters. The van der Waals surface area contributed by atoms with Crippen LogP contribution in [0.1, 0.15) is 37.4 Å². The molecule has 0 aliphatic carbocycles. The number of fused-ring (bicyclic) bond motifs is 2. The van der Waals surface area contributed by atoms with Crippen molar-refractivity contribution in [2.75, 3.05) is 5.32 Å². The van der Waals surface area contributed by atoms with Crippen molar-refractivity contribution in [2.24, 2.45) is 0 Å². The fourth-order valence-electron chi connectivity index (χ4n) is 3.37. The van der Waals surface area contributed by atoms with Crippen LogP contribution in [-0.4, -0.2) is 20.4 Å². The van der Waals surface area contributed by atoms with E-state index in [9.17, 15) is 10.1 Å². The first-order chi connectivity index (χ1) is 13.6. The lowest BCUT2D eigenvalue weighted by atomic mass is 10.1. The van der Waals surface area contributed by atoms with Crippen LogP contribution in [0.4, 0.5) is 5.82 Å². The number of para-hydroxylation sites is 2. The Kier molecular flexibility index (Phi) is 4.50. The average Bonchev–Trinajstić information content (AvgIpc) is 3.03. The predicted octanol–water partition coefficient (Wildman–Crippen LogP) is 4.41. The molecule has 0 bridgehead atoms. The summed E-state index contributed by atoms with van der Waals surface area (Å²) in [5.74, 6) is 0.279. The summed E-state index contributed by atoms with van der Waals surface area (Å²) in [6.07, 6.45) is 0.314. The molecule has 138 valence electrons. The number of nitrogens with one attached hydrogen (secondary N) is 1. The van der Waals surface area contributed by atoms with Gasteiger partial charge in [0.05, 0.1) is 17.1 Å². The van der Waals surface area contributed by atoms with Gasteiger partial charge in [0.2, 0.25) is 5.91 Å². The molecule has 1 atom stereocenters. The fraction of sp³-hybridized carbons (Fsp3) is 0.182. The topological polar surface area (TPSA) is 83.6 Å². The molecule has 28 heavy (non-hydrogen) atoms. The Labute approximate surface area is 162 Å². The van der Waals surface area contributed by atoms with Gasteiger partial charge in [-0.05, 0) is 24.6 Å². The van der Waals surface area contributed by atoms with Crippen molar-refractivity contribution in [1.29, 1.82) is 5.26 Å². The number of hydrogen-bond acceptors (Lipinski definition) is 4. The Hall–Kier alpha value is -3.72. The van der Waals surface area contributed by atoms with Gasteiger partial charge in [0, 0.05) is 6.42 Å². The summed E-state index contributed by atoms with van der Waals surface area (Å²) in [5.41, 5.74) is 3.91. The average molecular weight is 369 g/mol. The molecule has 1 N–H and O–H groups in total. The zero-order valence-electron chi connectivity index (χ0n) is 15.7. The first kappa shape index (κ1) is 17.7. The minimum atomic E-state index is -0.162. The standard InChI is InChI=1S/C22H19N5O/c1-3-19(28)26-21-16(13-23)20-22(25-18-12-8-7-11-17(18)24-20)27(21)14(2)15-9-5-4-6-10-15/h4-12,14H,3H2,1-2H3,(H,26,28)/t14-/m1/s1. The van der Waals surface area contributed by atoms with Gasteiger partial charge >= 0.3 is 0 Å². The summed E-state index contributed by atoms with van der Waals surface area (Å²) in [6, 6.07) is 19.5. The van der Waals surface area contributed by atoms with Gasteiger partial charge in [0.25, 0.3) is 0 Å². The first-order valence-corrected chi connectivity index (χ1v) is 9.19. The Balaban J connectivity index is 2.06. The van der Waals surface area contributed by atoms with E-state index >= 15 is 0 Å². The van der Waals surface area contributed by atoms with E-state index in [1.807, 2.05) is 66.1 Å². The van der Waals surface area contributed by atoms with E-state index in [0.29, 0.717) is 34.5 Å². The fourth-order valence-corrected chi connectivity index (χ4v) is 3.37. The molecule has 0 fully saturated rings. The van der Waals surface area contributed by atoms with Crippen LogP contribution in [0.3, 0.4) is 0 Å². The highest BCUT2D eigenvalue weighted by atomic mass is 16.1. The van der Waals surface area contributed by atoms with E-state index in [1.54, 1.807) is 6.92 Å². The molecule has 0 aliphatic heterocycles. The van der Waals surface area contributed by atoms with Crippen molar-refractivity contribution < 1.29 is 4.79 Å². The zero-order valence-corrected chi connectivity index (χ0v) is 15.7. The Bertz CT molecular complexity index is 1220. The van der Waals surface area contributed by atoms with Crippen LogP contribution in [0.25, 0.3) is 22.2 Å². The van der Waals surface area contributed by atoms with Gasteiger partial charge in [-0.2, -0.15) is 5.26 Å². The second kappa shape index (κ2) is 7.12. The number of carbonyl (C=O) groups is 1. The molecule has 0 saturated heterocycles. The molecule has 4 aromatic rings. The normalized spacial score (nSPS) is 12.0. The summed E-state index contributed by atoms with van der Waals surface area (Å²) in [7, 11) is 0. The molecule has 0 spiro atoms. The SMILES string of the molecule is CCC(=O)Nc1c(C#N)c2nc3ccccc3nc2n1[C@H](C)c1ccccc1. The Morgan fingerprint density at radius 2 is 1.75 bits per heavy atom.